The molecule has 0 bridgehead atoms. The summed E-state index contributed by atoms with van der Waals surface area (Å²) in [5.74, 6) is 0.211. The number of rotatable bonds is 9. The molecule has 0 radical (unpaired) electrons. The van der Waals surface area contributed by atoms with Gasteiger partial charge in [-0.05, 0) is 62.2 Å². The lowest BCUT2D eigenvalue weighted by Crippen LogP contribution is -2.35. The highest BCUT2D eigenvalue weighted by Crippen LogP contribution is 2.23. The first kappa shape index (κ1) is 23.0. The topological polar surface area (TPSA) is 92.8 Å². The van der Waals surface area contributed by atoms with Gasteiger partial charge in [0.1, 0.15) is 5.75 Å². The van der Waals surface area contributed by atoms with Gasteiger partial charge in [-0.2, -0.15) is 4.31 Å². The van der Waals surface area contributed by atoms with Crippen LogP contribution in [0.5, 0.6) is 5.75 Å². The molecule has 0 saturated carbocycles. The first-order valence-corrected chi connectivity index (χ1v) is 12.0. The monoisotopic (exact) mass is 444 g/mol. The Morgan fingerprint density at radius 2 is 1.71 bits per heavy atom. The van der Waals surface area contributed by atoms with Crippen LogP contribution in [0.2, 0.25) is 0 Å². The van der Waals surface area contributed by atoms with Gasteiger partial charge >= 0.3 is 0 Å². The van der Waals surface area contributed by atoms with E-state index in [-0.39, 0.29) is 29.4 Å². The number of amides is 1. The van der Waals surface area contributed by atoms with Crippen molar-refractivity contribution in [2.24, 2.45) is 0 Å². The van der Waals surface area contributed by atoms with E-state index in [1.165, 1.54) is 16.4 Å². The Kier molecular flexibility index (Phi) is 7.81. The van der Waals surface area contributed by atoms with E-state index in [0.717, 1.165) is 19.3 Å². The van der Waals surface area contributed by atoms with Crippen LogP contribution in [0.1, 0.15) is 49.4 Å². The highest BCUT2D eigenvalue weighted by Gasteiger charge is 2.26. The predicted molar refractivity (Wildman–Crippen MR) is 119 cm³/mol. The SMILES string of the molecule is CCOc1ccc(C(=O)CCC(=O)Nc2cccc(S(=O)(=O)N3CCCCC3)c2)cc1. The second kappa shape index (κ2) is 10.5. The first-order valence-electron chi connectivity index (χ1n) is 10.6. The van der Waals surface area contributed by atoms with Gasteiger partial charge in [-0.3, -0.25) is 9.59 Å². The van der Waals surface area contributed by atoms with Gasteiger partial charge < -0.3 is 10.1 Å². The van der Waals surface area contributed by atoms with Crippen molar-refractivity contribution in [2.45, 2.75) is 43.9 Å². The van der Waals surface area contributed by atoms with E-state index in [1.807, 2.05) is 6.92 Å². The number of anilines is 1. The Morgan fingerprint density at radius 3 is 2.39 bits per heavy atom. The summed E-state index contributed by atoms with van der Waals surface area (Å²) < 4.78 is 32.5. The molecule has 166 valence electrons. The van der Waals surface area contributed by atoms with Crippen molar-refractivity contribution in [2.75, 3.05) is 25.0 Å². The first-order chi connectivity index (χ1) is 14.9. The number of sulfonamides is 1. The molecule has 0 spiro atoms. The Labute approximate surface area is 183 Å². The van der Waals surface area contributed by atoms with Gasteiger partial charge in [-0.1, -0.05) is 12.5 Å². The van der Waals surface area contributed by atoms with Crippen LogP contribution < -0.4 is 10.1 Å². The van der Waals surface area contributed by atoms with Crippen molar-refractivity contribution in [3.8, 4) is 5.75 Å². The third-order valence-corrected chi connectivity index (χ3v) is 7.03. The summed E-state index contributed by atoms with van der Waals surface area (Å²) in [7, 11) is -3.57. The minimum Gasteiger partial charge on any atom is -0.494 e. The van der Waals surface area contributed by atoms with Gasteiger partial charge in [-0.25, -0.2) is 8.42 Å². The molecule has 1 aliphatic rings. The summed E-state index contributed by atoms with van der Waals surface area (Å²) in [5, 5.41) is 2.70. The van der Waals surface area contributed by atoms with Crippen molar-refractivity contribution in [1.29, 1.82) is 0 Å². The molecule has 2 aromatic carbocycles. The molecule has 0 unspecified atom stereocenters. The molecule has 1 heterocycles. The summed E-state index contributed by atoms with van der Waals surface area (Å²) in [5.41, 5.74) is 0.919. The zero-order chi connectivity index (χ0) is 22.3. The van der Waals surface area contributed by atoms with Crippen molar-refractivity contribution in [3.63, 3.8) is 0 Å². The number of nitrogens with one attached hydrogen (secondary N) is 1. The van der Waals surface area contributed by atoms with Crippen LogP contribution in [-0.2, 0) is 14.8 Å². The zero-order valence-corrected chi connectivity index (χ0v) is 18.5. The molecular weight excluding hydrogens is 416 g/mol. The van der Waals surface area contributed by atoms with E-state index in [9.17, 15) is 18.0 Å². The number of ketones is 1. The molecule has 0 aliphatic carbocycles. The number of piperidine rings is 1. The van der Waals surface area contributed by atoms with Crippen LogP contribution >= 0.6 is 0 Å². The third kappa shape index (κ3) is 6.15. The average molecular weight is 445 g/mol. The number of hydrogen-bond donors (Lipinski definition) is 1. The molecule has 2 aromatic rings. The minimum absolute atomic E-state index is 0.00907. The summed E-state index contributed by atoms with van der Waals surface area (Å²) in [6, 6.07) is 13.1. The van der Waals surface area contributed by atoms with Crippen LogP contribution in [0.4, 0.5) is 5.69 Å². The quantitative estimate of drug-likeness (QED) is 0.593. The van der Waals surface area contributed by atoms with Gasteiger partial charge in [0.25, 0.3) is 0 Å². The molecular formula is C23H28N2O5S. The van der Waals surface area contributed by atoms with E-state index in [0.29, 0.717) is 36.7 Å². The van der Waals surface area contributed by atoms with Crippen LogP contribution in [-0.4, -0.2) is 44.1 Å². The average Bonchev–Trinajstić information content (AvgIpc) is 2.79. The summed E-state index contributed by atoms with van der Waals surface area (Å²) in [6.07, 6.45) is 2.83. The van der Waals surface area contributed by atoms with Gasteiger partial charge in [0.15, 0.2) is 5.78 Å². The van der Waals surface area contributed by atoms with E-state index in [2.05, 4.69) is 5.32 Å². The molecule has 0 aromatic heterocycles. The molecule has 1 N–H and O–H groups in total. The lowest BCUT2D eigenvalue weighted by atomic mass is 10.1. The smallest absolute Gasteiger partial charge is 0.243 e. The number of carbonyl (C=O) groups excluding carboxylic acids is 2. The number of benzene rings is 2. The van der Waals surface area contributed by atoms with Gasteiger partial charge in [0, 0.05) is 37.2 Å². The fourth-order valence-corrected chi connectivity index (χ4v) is 5.05. The molecule has 31 heavy (non-hydrogen) atoms. The second-order valence-corrected chi connectivity index (χ2v) is 9.36. The summed E-state index contributed by atoms with van der Waals surface area (Å²) >= 11 is 0. The normalized spacial score (nSPS) is 14.7. The predicted octanol–water partition coefficient (Wildman–Crippen LogP) is 3.86. The maximum atomic E-state index is 12.8. The molecule has 1 aliphatic heterocycles. The van der Waals surface area contributed by atoms with Crippen molar-refractivity contribution < 1.29 is 22.7 Å². The van der Waals surface area contributed by atoms with E-state index in [4.69, 9.17) is 4.74 Å². The van der Waals surface area contributed by atoms with Gasteiger partial charge in [0.05, 0.1) is 11.5 Å². The summed E-state index contributed by atoms with van der Waals surface area (Å²) in [6.45, 7) is 3.48. The highest BCUT2D eigenvalue weighted by molar-refractivity contribution is 7.89. The molecule has 0 atom stereocenters. The fraction of sp³-hybridized carbons (Fsp3) is 0.391. The van der Waals surface area contributed by atoms with Crippen molar-refractivity contribution in [1.82, 2.24) is 4.31 Å². The van der Waals surface area contributed by atoms with Gasteiger partial charge in [-0.15, -0.1) is 0 Å². The highest BCUT2D eigenvalue weighted by atomic mass is 32.2. The Bertz CT molecular complexity index is 1010. The lowest BCUT2D eigenvalue weighted by molar-refractivity contribution is -0.116. The van der Waals surface area contributed by atoms with Crippen LogP contribution in [0, 0.1) is 0 Å². The molecule has 1 amide bonds. The second-order valence-electron chi connectivity index (χ2n) is 7.42. The van der Waals surface area contributed by atoms with Crippen molar-refractivity contribution in [3.05, 3.63) is 54.1 Å². The number of nitrogens with zero attached hydrogens (tertiary/aromatic N) is 1. The maximum absolute atomic E-state index is 12.8. The molecule has 1 saturated heterocycles. The van der Waals surface area contributed by atoms with Crippen LogP contribution in [0.3, 0.4) is 0 Å². The number of carbonyl (C=O) groups is 2. The van der Waals surface area contributed by atoms with Crippen LogP contribution in [0.25, 0.3) is 0 Å². The van der Waals surface area contributed by atoms with E-state index >= 15 is 0 Å². The number of ether oxygens (including phenoxy) is 1. The number of hydrogen-bond acceptors (Lipinski definition) is 5. The molecule has 7 nitrogen and oxygen atoms in total. The standard InChI is InChI=1S/C23H28N2O5S/c1-2-30-20-11-9-18(10-12-20)22(26)13-14-23(27)24-19-7-6-8-21(17-19)31(28,29)25-15-4-3-5-16-25/h6-12,17H,2-5,13-16H2,1H3,(H,24,27). The third-order valence-electron chi connectivity index (χ3n) is 5.14. The Morgan fingerprint density at radius 1 is 1.00 bits per heavy atom. The molecule has 8 heteroatoms. The van der Waals surface area contributed by atoms with Crippen molar-refractivity contribution >= 4 is 27.4 Å². The molecule has 3 rings (SSSR count). The van der Waals surface area contributed by atoms with E-state index < -0.39 is 10.0 Å². The Hall–Kier alpha value is -2.71. The largest absolute Gasteiger partial charge is 0.494 e. The maximum Gasteiger partial charge on any atom is 0.243 e. The fourth-order valence-electron chi connectivity index (χ4n) is 3.49. The summed E-state index contributed by atoms with van der Waals surface area (Å²) in [4.78, 5) is 24.8. The minimum atomic E-state index is -3.57. The van der Waals surface area contributed by atoms with Gasteiger partial charge in [0.2, 0.25) is 15.9 Å². The molecule has 1 fully saturated rings. The van der Waals surface area contributed by atoms with Crippen LogP contribution in [0.15, 0.2) is 53.4 Å². The van der Waals surface area contributed by atoms with E-state index in [1.54, 1.807) is 36.4 Å². The number of Topliss-reactive ketones (excluding diaryl/α,β-unsaturated/α-hetero) is 1. The lowest BCUT2D eigenvalue weighted by Gasteiger charge is -2.26. The Balaban J connectivity index is 1.57. The zero-order valence-electron chi connectivity index (χ0n) is 17.7.